The molecule has 37 heavy (non-hydrogen) atoms. The largest absolute Gasteiger partial charge is 0.355 e. The van der Waals surface area contributed by atoms with Crippen LogP contribution in [0.2, 0.25) is 5.02 Å². The van der Waals surface area contributed by atoms with Crippen LogP contribution in [0.15, 0.2) is 78.9 Å². The second kappa shape index (κ2) is 12.7. The van der Waals surface area contributed by atoms with Gasteiger partial charge >= 0.3 is 0 Å². The molecule has 0 saturated heterocycles. The second-order valence-electron chi connectivity index (χ2n) is 8.50. The minimum absolute atomic E-state index is 0.0269. The van der Waals surface area contributed by atoms with Gasteiger partial charge in [-0.25, -0.2) is 12.8 Å². The smallest absolute Gasteiger partial charge is 0.244 e. The van der Waals surface area contributed by atoms with Gasteiger partial charge in [-0.1, -0.05) is 60.1 Å². The second-order valence-corrected chi connectivity index (χ2v) is 10.8. The van der Waals surface area contributed by atoms with Crippen LogP contribution in [0.4, 0.5) is 10.1 Å². The van der Waals surface area contributed by atoms with Gasteiger partial charge in [0, 0.05) is 24.5 Å². The van der Waals surface area contributed by atoms with E-state index in [2.05, 4.69) is 5.32 Å². The first-order valence-electron chi connectivity index (χ1n) is 11.7. The van der Waals surface area contributed by atoms with Crippen molar-refractivity contribution in [2.75, 3.05) is 23.7 Å². The fourth-order valence-electron chi connectivity index (χ4n) is 3.88. The third-order valence-electron chi connectivity index (χ3n) is 5.66. The van der Waals surface area contributed by atoms with E-state index >= 15 is 0 Å². The SMILES string of the molecule is CCNC(=O)[C@@H](Cc1ccccc1)N(Cc1ccc(F)cc1)C(=O)CN(c1cccc(Cl)c1)S(C)(=O)=O. The summed E-state index contributed by atoms with van der Waals surface area (Å²) in [5, 5.41) is 3.09. The van der Waals surface area contributed by atoms with Gasteiger partial charge in [0.15, 0.2) is 0 Å². The van der Waals surface area contributed by atoms with Crippen molar-refractivity contribution in [1.82, 2.24) is 10.2 Å². The van der Waals surface area contributed by atoms with Gasteiger partial charge in [-0.05, 0) is 48.4 Å². The highest BCUT2D eigenvalue weighted by Gasteiger charge is 2.32. The van der Waals surface area contributed by atoms with Crippen LogP contribution in [-0.2, 0) is 32.6 Å². The molecule has 10 heteroatoms. The monoisotopic (exact) mass is 545 g/mol. The summed E-state index contributed by atoms with van der Waals surface area (Å²) >= 11 is 6.07. The minimum Gasteiger partial charge on any atom is -0.355 e. The number of nitrogens with one attached hydrogen (secondary N) is 1. The Balaban J connectivity index is 2.03. The quantitative estimate of drug-likeness (QED) is 0.394. The highest BCUT2D eigenvalue weighted by atomic mass is 35.5. The molecule has 196 valence electrons. The van der Waals surface area contributed by atoms with E-state index in [1.807, 2.05) is 30.3 Å². The standard InChI is InChI=1S/C27H29ClFN3O4S/c1-3-30-27(34)25(16-20-8-5-4-6-9-20)31(18-21-12-14-23(29)15-13-21)26(33)19-32(37(2,35)36)24-11-7-10-22(28)17-24/h4-15,17,25H,3,16,18-19H2,1-2H3,(H,30,34)/t25-/m1/s1. The van der Waals surface area contributed by atoms with Gasteiger partial charge < -0.3 is 10.2 Å². The van der Waals surface area contributed by atoms with Gasteiger partial charge in [-0.15, -0.1) is 0 Å². The highest BCUT2D eigenvalue weighted by Crippen LogP contribution is 2.23. The van der Waals surface area contributed by atoms with E-state index in [1.54, 1.807) is 19.1 Å². The van der Waals surface area contributed by atoms with Crippen LogP contribution < -0.4 is 9.62 Å². The lowest BCUT2D eigenvalue weighted by Gasteiger charge is -2.33. The summed E-state index contributed by atoms with van der Waals surface area (Å²) in [6, 6.07) is 20.0. The number of hydrogen-bond donors (Lipinski definition) is 1. The van der Waals surface area contributed by atoms with E-state index in [9.17, 15) is 22.4 Å². The molecule has 7 nitrogen and oxygen atoms in total. The Morgan fingerprint density at radius 3 is 2.24 bits per heavy atom. The van der Waals surface area contributed by atoms with Crippen LogP contribution in [0.25, 0.3) is 0 Å². The summed E-state index contributed by atoms with van der Waals surface area (Å²) in [6.45, 7) is 1.54. The molecule has 3 aromatic rings. The minimum atomic E-state index is -3.88. The molecule has 0 aliphatic carbocycles. The number of halogens is 2. The van der Waals surface area contributed by atoms with Gasteiger partial charge in [-0.3, -0.25) is 13.9 Å². The molecule has 0 unspecified atom stereocenters. The number of hydrogen-bond acceptors (Lipinski definition) is 4. The van der Waals surface area contributed by atoms with Gasteiger partial charge in [0.2, 0.25) is 21.8 Å². The van der Waals surface area contributed by atoms with Crippen LogP contribution in [-0.4, -0.2) is 50.5 Å². The Morgan fingerprint density at radius 1 is 0.973 bits per heavy atom. The first-order valence-corrected chi connectivity index (χ1v) is 13.9. The van der Waals surface area contributed by atoms with Gasteiger partial charge in [0.1, 0.15) is 18.4 Å². The van der Waals surface area contributed by atoms with Crippen molar-refractivity contribution in [3.8, 4) is 0 Å². The average molecular weight is 546 g/mol. The summed E-state index contributed by atoms with van der Waals surface area (Å²) in [4.78, 5) is 28.4. The molecule has 3 aromatic carbocycles. The van der Waals surface area contributed by atoms with Crippen molar-refractivity contribution < 1.29 is 22.4 Å². The molecule has 0 radical (unpaired) electrons. The van der Waals surface area contributed by atoms with E-state index in [4.69, 9.17) is 11.6 Å². The predicted molar refractivity (Wildman–Crippen MR) is 143 cm³/mol. The summed E-state index contributed by atoms with van der Waals surface area (Å²) in [5.74, 6) is -1.41. The fourth-order valence-corrected chi connectivity index (χ4v) is 4.90. The molecule has 0 aliphatic heterocycles. The van der Waals surface area contributed by atoms with E-state index < -0.39 is 34.3 Å². The number of carbonyl (C=O) groups is 2. The Morgan fingerprint density at radius 2 is 1.65 bits per heavy atom. The Bertz CT molecular complexity index is 1320. The number of rotatable bonds is 11. The average Bonchev–Trinajstić information content (AvgIpc) is 2.85. The Labute approximate surface area is 221 Å². The zero-order valence-corrected chi connectivity index (χ0v) is 22.2. The first kappa shape index (κ1) is 28.1. The molecule has 0 fully saturated rings. The molecule has 1 atom stereocenters. The molecule has 0 spiro atoms. The summed E-state index contributed by atoms with van der Waals surface area (Å²) in [6.07, 6.45) is 1.20. The zero-order chi connectivity index (χ0) is 27.0. The molecule has 2 amide bonds. The number of carbonyl (C=O) groups excluding carboxylic acids is 2. The third kappa shape index (κ3) is 8.03. The lowest BCUT2D eigenvalue weighted by Crippen LogP contribution is -2.53. The highest BCUT2D eigenvalue weighted by molar-refractivity contribution is 7.92. The molecule has 0 aliphatic rings. The number of benzene rings is 3. The first-order chi connectivity index (χ1) is 17.6. The predicted octanol–water partition coefficient (Wildman–Crippen LogP) is 4.02. The molecule has 0 aromatic heterocycles. The summed E-state index contributed by atoms with van der Waals surface area (Å²) in [7, 11) is -3.88. The molecule has 0 saturated carbocycles. The molecule has 0 heterocycles. The number of sulfonamides is 1. The third-order valence-corrected chi connectivity index (χ3v) is 7.04. The molecule has 1 N–H and O–H groups in total. The van der Waals surface area contributed by atoms with E-state index in [1.165, 1.54) is 41.3 Å². The van der Waals surface area contributed by atoms with Gasteiger partial charge in [0.25, 0.3) is 0 Å². The topological polar surface area (TPSA) is 86.8 Å². The van der Waals surface area contributed by atoms with Crippen molar-refractivity contribution in [3.05, 3.63) is 101 Å². The van der Waals surface area contributed by atoms with E-state index in [-0.39, 0.29) is 24.6 Å². The number of nitrogens with zero attached hydrogens (tertiary/aromatic N) is 2. The lowest BCUT2D eigenvalue weighted by atomic mass is 10.0. The van der Waals surface area contributed by atoms with Crippen LogP contribution in [0, 0.1) is 5.82 Å². The summed E-state index contributed by atoms with van der Waals surface area (Å²) < 4.78 is 39.9. The summed E-state index contributed by atoms with van der Waals surface area (Å²) in [5.41, 5.74) is 1.64. The normalized spacial score (nSPS) is 12.0. The lowest BCUT2D eigenvalue weighted by molar-refractivity contribution is -0.140. The van der Waals surface area contributed by atoms with E-state index in [0.29, 0.717) is 17.1 Å². The maximum atomic E-state index is 13.8. The van der Waals surface area contributed by atoms with Crippen molar-refractivity contribution in [3.63, 3.8) is 0 Å². The van der Waals surface area contributed by atoms with Crippen LogP contribution in [0.1, 0.15) is 18.1 Å². The van der Waals surface area contributed by atoms with Crippen molar-refractivity contribution in [1.29, 1.82) is 0 Å². The van der Waals surface area contributed by atoms with Crippen molar-refractivity contribution in [2.24, 2.45) is 0 Å². The van der Waals surface area contributed by atoms with Gasteiger partial charge in [-0.2, -0.15) is 0 Å². The zero-order valence-electron chi connectivity index (χ0n) is 20.6. The Kier molecular flexibility index (Phi) is 9.66. The number of amides is 2. The van der Waals surface area contributed by atoms with Crippen molar-refractivity contribution >= 4 is 39.1 Å². The maximum Gasteiger partial charge on any atom is 0.244 e. The molecular formula is C27H29ClFN3O4S. The van der Waals surface area contributed by atoms with Gasteiger partial charge in [0.05, 0.1) is 11.9 Å². The van der Waals surface area contributed by atoms with Crippen molar-refractivity contribution in [2.45, 2.75) is 25.9 Å². The fraction of sp³-hybridized carbons (Fsp3) is 0.259. The molecule has 3 rings (SSSR count). The Hall–Kier alpha value is -3.43. The van der Waals surface area contributed by atoms with E-state index in [0.717, 1.165) is 16.1 Å². The molecule has 0 bridgehead atoms. The number of anilines is 1. The van der Waals surface area contributed by atoms with Crippen LogP contribution in [0.3, 0.4) is 0 Å². The van der Waals surface area contributed by atoms with Crippen LogP contribution in [0.5, 0.6) is 0 Å². The van der Waals surface area contributed by atoms with Crippen LogP contribution >= 0.6 is 11.6 Å². The molecular weight excluding hydrogens is 517 g/mol. The number of likely N-dealkylation sites (N-methyl/N-ethyl adjacent to an activating group) is 1. The maximum absolute atomic E-state index is 13.8.